The zero-order valence-corrected chi connectivity index (χ0v) is 30.6. The van der Waals surface area contributed by atoms with Crippen molar-refractivity contribution in [3.63, 3.8) is 0 Å². The highest BCUT2D eigenvalue weighted by Crippen LogP contribution is 2.27. The second kappa shape index (κ2) is 18.2. The number of carbonyl (C=O) groups excluding carboxylic acids is 7. The Labute approximate surface area is 309 Å². The number of unbranched alkanes of at least 4 members (excludes halogenated alkanes) is 2. The lowest BCUT2D eigenvalue weighted by Crippen LogP contribution is -2.62. The van der Waals surface area contributed by atoms with E-state index in [9.17, 15) is 38.7 Å². The fourth-order valence-corrected chi connectivity index (χ4v) is 7.61. The number of esters is 1. The Bertz CT molecular complexity index is 1580. The van der Waals surface area contributed by atoms with E-state index in [1.165, 1.54) is 32.9 Å². The Morgan fingerprint density at radius 3 is 2.34 bits per heavy atom. The van der Waals surface area contributed by atoms with Crippen molar-refractivity contribution in [3.05, 3.63) is 42.0 Å². The zero-order chi connectivity index (χ0) is 38.1. The molecule has 15 nitrogen and oxygen atoms in total. The number of allylic oxidation sites excluding steroid dienone is 1. The standard InChI is InChI=1S/C38H52N6O9/c1-3-4-5-6-17-32(46)40-27(22-25-12-9-13-26(45)21-25)33(47)41-28-23-53-38(52)31-16-11-20-44(31)35(49)24(2)39-34(48)29-14-7-8-18-42(29)37(51)30-15-10-19-43(30)36(28)50/h6,9,12-13,17,21,24,27-31,45H,3-5,7-8,10-11,14-16,18-20,22-23H2,1-2H3,(H,39,48)(H,40,46)(H,41,47)/b17-6+/t24-,27-,28-,29+,30+,31+/m0/s1. The third kappa shape index (κ3) is 9.73. The van der Waals surface area contributed by atoms with E-state index in [1.807, 2.05) is 6.92 Å². The van der Waals surface area contributed by atoms with E-state index < -0.39 is 84.3 Å². The van der Waals surface area contributed by atoms with E-state index in [1.54, 1.807) is 25.1 Å². The zero-order valence-electron chi connectivity index (χ0n) is 30.6. The highest BCUT2D eigenvalue weighted by atomic mass is 16.5. The molecule has 6 amide bonds. The van der Waals surface area contributed by atoms with Crippen LogP contribution in [0, 0.1) is 0 Å². The van der Waals surface area contributed by atoms with Crippen molar-refractivity contribution in [2.24, 2.45) is 0 Å². The first kappa shape index (κ1) is 39.3. The van der Waals surface area contributed by atoms with Gasteiger partial charge in [0.2, 0.25) is 35.4 Å². The van der Waals surface area contributed by atoms with Gasteiger partial charge in [-0.15, -0.1) is 0 Å². The molecule has 0 radical (unpaired) electrons. The molecule has 4 N–H and O–H groups in total. The molecule has 15 heteroatoms. The van der Waals surface area contributed by atoms with Gasteiger partial charge in [-0.05, 0) is 82.1 Å². The summed E-state index contributed by atoms with van der Waals surface area (Å²) < 4.78 is 5.67. The number of piperidine rings is 1. The maximum atomic E-state index is 14.4. The number of nitrogens with zero attached hydrogens (tertiary/aromatic N) is 3. The predicted octanol–water partition coefficient (Wildman–Crippen LogP) is 1.08. The van der Waals surface area contributed by atoms with Gasteiger partial charge in [0, 0.05) is 26.1 Å². The van der Waals surface area contributed by atoms with Gasteiger partial charge in [-0.25, -0.2) is 4.79 Å². The minimum absolute atomic E-state index is 0.0286. The molecule has 0 bridgehead atoms. The van der Waals surface area contributed by atoms with E-state index in [4.69, 9.17) is 4.74 Å². The Morgan fingerprint density at radius 2 is 1.60 bits per heavy atom. The summed E-state index contributed by atoms with van der Waals surface area (Å²) in [5.41, 5.74) is 0.543. The number of rotatable bonds is 9. The van der Waals surface area contributed by atoms with Crippen LogP contribution in [0.4, 0.5) is 0 Å². The van der Waals surface area contributed by atoms with Crippen LogP contribution < -0.4 is 16.0 Å². The molecule has 4 fully saturated rings. The number of fused-ring (bicyclic) bond motifs is 3. The van der Waals surface area contributed by atoms with Crippen LogP contribution in [0.15, 0.2) is 36.4 Å². The summed E-state index contributed by atoms with van der Waals surface area (Å²) in [5.74, 6) is -4.03. The molecule has 1 aromatic carbocycles. The fourth-order valence-electron chi connectivity index (χ4n) is 7.61. The quantitative estimate of drug-likeness (QED) is 0.163. The molecular formula is C38H52N6O9. The smallest absolute Gasteiger partial charge is 0.328 e. The van der Waals surface area contributed by atoms with Crippen LogP contribution in [-0.4, -0.2) is 124 Å². The number of aromatic hydroxyl groups is 1. The summed E-state index contributed by atoms with van der Waals surface area (Å²) in [7, 11) is 0. The lowest BCUT2D eigenvalue weighted by molar-refractivity contribution is -0.158. The first-order valence-corrected chi connectivity index (χ1v) is 18.9. The number of hydrogen-bond donors (Lipinski definition) is 4. The first-order chi connectivity index (χ1) is 25.5. The largest absolute Gasteiger partial charge is 0.508 e. The number of phenols is 1. The Kier molecular flexibility index (Phi) is 13.5. The normalized spacial score (nSPS) is 26.4. The summed E-state index contributed by atoms with van der Waals surface area (Å²) >= 11 is 0. The van der Waals surface area contributed by atoms with Crippen LogP contribution in [0.1, 0.15) is 83.6 Å². The Balaban J connectivity index is 1.45. The highest BCUT2D eigenvalue weighted by molar-refractivity contribution is 5.98. The molecule has 1 aromatic rings. The Morgan fingerprint density at radius 1 is 0.925 bits per heavy atom. The molecule has 0 saturated carbocycles. The molecule has 6 atom stereocenters. The van der Waals surface area contributed by atoms with E-state index in [0.717, 1.165) is 12.8 Å². The average Bonchev–Trinajstić information content (AvgIpc) is 3.84. The molecule has 4 heterocycles. The number of hydrogen-bond acceptors (Lipinski definition) is 9. The third-order valence-electron chi connectivity index (χ3n) is 10.4. The number of carbonyl (C=O) groups is 7. The number of benzene rings is 1. The van der Waals surface area contributed by atoms with Crippen molar-refractivity contribution in [2.75, 3.05) is 26.2 Å². The monoisotopic (exact) mass is 736 g/mol. The summed E-state index contributed by atoms with van der Waals surface area (Å²) in [4.78, 5) is 100. The molecule has 288 valence electrons. The van der Waals surface area contributed by atoms with E-state index >= 15 is 0 Å². The maximum absolute atomic E-state index is 14.4. The molecule has 0 aromatic heterocycles. The molecular weight excluding hydrogens is 684 g/mol. The first-order valence-electron chi connectivity index (χ1n) is 18.9. The maximum Gasteiger partial charge on any atom is 0.328 e. The third-order valence-corrected chi connectivity index (χ3v) is 10.4. The number of cyclic esters (lactones) is 1. The van der Waals surface area contributed by atoms with Gasteiger partial charge >= 0.3 is 5.97 Å². The summed E-state index contributed by atoms with van der Waals surface area (Å²) in [6, 6.07) is -0.0618. The minimum atomic E-state index is -1.44. The van der Waals surface area contributed by atoms with Crippen molar-refractivity contribution in [1.82, 2.24) is 30.7 Å². The van der Waals surface area contributed by atoms with E-state index in [2.05, 4.69) is 16.0 Å². The van der Waals surface area contributed by atoms with Crippen LogP contribution in [0.3, 0.4) is 0 Å². The Hall–Kier alpha value is -4.95. The molecule has 0 unspecified atom stereocenters. The van der Waals surface area contributed by atoms with Gasteiger partial charge < -0.3 is 40.5 Å². The second-order valence-electron chi connectivity index (χ2n) is 14.3. The predicted molar refractivity (Wildman–Crippen MR) is 192 cm³/mol. The summed E-state index contributed by atoms with van der Waals surface area (Å²) in [6.45, 7) is 3.78. The number of phenolic OH excluding ortho intramolecular Hbond substituents is 1. The lowest BCUT2D eigenvalue weighted by atomic mass is 9.99. The molecule has 0 aliphatic carbocycles. The molecule has 4 aliphatic rings. The van der Waals surface area contributed by atoms with Gasteiger partial charge in [0.25, 0.3) is 0 Å². The molecule has 0 spiro atoms. The molecule has 4 saturated heterocycles. The molecule has 5 rings (SSSR count). The summed E-state index contributed by atoms with van der Waals surface area (Å²) in [5, 5.41) is 18.2. The number of ether oxygens (including phenoxy) is 1. The van der Waals surface area contributed by atoms with Crippen molar-refractivity contribution in [1.29, 1.82) is 0 Å². The van der Waals surface area contributed by atoms with Crippen molar-refractivity contribution in [2.45, 2.75) is 121 Å². The van der Waals surface area contributed by atoms with Crippen LogP contribution in [0.2, 0.25) is 0 Å². The second-order valence-corrected chi connectivity index (χ2v) is 14.3. The van der Waals surface area contributed by atoms with Crippen molar-refractivity contribution >= 4 is 41.4 Å². The van der Waals surface area contributed by atoms with Gasteiger partial charge in [0.1, 0.15) is 48.6 Å². The van der Waals surface area contributed by atoms with Gasteiger partial charge in [-0.3, -0.25) is 28.8 Å². The lowest BCUT2D eigenvalue weighted by Gasteiger charge is -2.39. The van der Waals surface area contributed by atoms with Crippen LogP contribution in [0.25, 0.3) is 0 Å². The van der Waals surface area contributed by atoms with E-state index in [-0.39, 0.29) is 25.3 Å². The molecule has 4 aliphatic heterocycles. The topological polar surface area (TPSA) is 195 Å². The average molecular weight is 737 g/mol. The fraction of sp³-hybridized carbons (Fsp3) is 0.605. The minimum Gasteiger partial charge on any atom is -0.508 e. The van der Waals surface area contributed by atoms with Crippen molar-refractivity contribution < 1.29 is 43.4 Å². The van der Waals surface area contributed by atoms with Gasteiger partial charge in [0.15, 0.2) is 0 Å². The number of nitrogens with one attached hydrogen (secondary N) is 3. The van der Waals surface area contributed by atoms with Gasteiger partial charge in [-0.1, -0.05) is 38.0 Å². The highest BCUT2D eigenvalue weighted by Gasteiger charge is 2.45. The van der Waals surface area contributed by atoms with Crippen LogP contribution >= 0.6 is 0 Å². The van der Waals surface area contributed by atoms with E-state index in [0.29, 0.717) is 63.5 Å². The molecule has 53 heavy (non-hydrogen) atoms. The van der Waals surface area contributed by atoms with Gasteiger partial charge in [0.05, 0.1) is 0 Å². The van der Waals surface area contributed by atoms with Crippen LogP contribution in [-0.2, 0) is 44.7 Å². The SMILES string of the molecule is CCCC/C=C/C(=O)N[C@@H](Cc1cccc(O)c1)C(=O)N[C@H]1COC(=O)[C@H]2CCCN2C(=O)[C@H](C)NC(=O)[C@H]2CCCCN2C(=O)[C@H]2CCCN2C1=O. The number of amides is 6. The van der Waals surface area contributed by atoms with Gasteiger partial charge in [-0.2, -0.15) is 0 Å². The van der Waals surface area contributed by atoms with Crippen LogP contribution in [0.5, 0.6) is 5.75 Å². The summed E-state index contributed by atoms with van der Waals surface area (Å²) in [6.07, 6.45) is 9.00. The van der Waals surface area contributed by atoms with Crippen molar-refractivity contribution in [3.8, 4) is 5.75 Å².